The number of allylic oxidation sites excluding steroid dienone is 1. The molecule has 0 saturated carbocycles. The highest BCUT2D eigenvalue weighted by atomic mass is 16.6. The largest absolute Gasteiger partial charge is 0.488 e. The highest BCUT2D eigenvalue weighted by molar-refractivity contribution is 5.91. The van der Waals surface area contributed by atoms with Crippen LogP contribution in [0.15, 0.2) is 72.8 Å². The lowest BCUT2D eigenvalue weighted by atomic mass is 10.1. The maximum Gasteiger partial charge on any atom is 0.269 e. The summed E-state index contributed by atoms with van der Waals surface area (Å²) in [4.78, 5) is 18.0. The molecule has 0 unspecified atom stereocenters. The van der Waals surface area contributed by atoms with E-state index in [2.05, 4.69) is 16.0 Å². The van der Waals surface area contributed by atoms with Crippen LogP contribution in [0.3, 0.4) is 0 Å². The summed E-state index contributed by atoms with van der Waals surface area (Å²) >= 11 is 0. The highest BCUT2D eigenvalue weighted by Crippen LogP contribution is 2.25. The number of hydrogen-bond donors (Lipinski definition) is 1. The molecule has 30 heavy (non-hydrogen) atoms. The van der Waals surface area contributed by atoms with Crippen LogP contribution in [-0.4, -0.2) is 14.9 Å². The Labute approximate surface area is 172 Å². The highest BCUT2D eigenvalue weighted by Gasteiger charge is 2.10. The Balaban J connectivity index is 1.58. The number of nitriles is 1. The summed E-state index contributed by atoms with van der Waals surface area (Å²) in [6.45, 7) is 0.245. The van der Waals surface area contributed by atoms with E-state index >= 15 is 0 Å². The Morgan fingerprint density at radius 2 is 1.83 bits per heavy atom. The van der Waals surface area contributed by atoms with Crippen molar-refractivity contribution in [1.82, 2.24) is 9.97 Å². The minimum Gasteiger partial charge on any atom is -0.488 e. The summed E-state index contributed by atoms with van der Waals surface area (Å²) in [7, 11) is 0. The molecule has 0 atom stereocenters. The standard InChI is InChI=1S/C23H16N4O3/c24-14-18(23-25-20-6-2-3-7-21(20)26-23)13-17-5-1-4-8-22(17)30-15-16-9-11-19(12-10-16)27(28)29/h1-13H,15H2,(H,25,26). The van der Waals surface area contributed by atoms with Crippen LogP contribution in [0, 0.1) is 21.4 Å². The molecule has 1 N–H and O–H groups in total. The Hall–Kier alpha value is -4.44. The maximum absolute atomic E-state index is 10.8. The number of nitro benzene ring substituents is 1. The Bertz CT molecular complexity index is 1250. The minimum atomic E-state index is -0.438. The number of imidazole rings is 1. The third kappa shape index (κ3) is 4.03. The molecule has 0 radical (unpaired) electrons. The molecule has 146 valence electrons. The fourth-order valence-corrected chi connectivity index (χ4v) is 3.00. The van der Waals surface area contributed by atoms with E-state index < -0.39 is 4.92 Å². The molecule has 0 saturated heterocycles. The number of aromatic amines is 1. The summed E-state index contributed by atoms with van der Waals surface area (Å²) < 4.78 is 5.91. The number of nitro groups is 1. The molecule has 0 aliphatic carbocycles. The van der Waals surface area contributed by atoms with Gasteiger partial charge in [0.2, 0.25) is 0 Å². The summed E-state index contributed by atoms with van der Waals surface area (Å²) in [6, 6.07) is 23.3. The number of hydrogen-bond acceptors (Lipinski definition) is 5. The van der Waals surface area contributed by atoms with Gasteiger partial charge in [-0.2, -0.15) is 5.26 Å². The molecule has 1 heterocycles. The van der Waals surface area contributed by atoms with Crippen molar-refractivity contribution in [2.45, 2.75) is 6.61 Å². The molecule has 7 heteroatoms. The van der Waals surface area contributed by atoms with Crippen molar-refractivity contribution < 1.29 is 9.66 Å². The molecule has 4 aromatic rings. The van der Waals surface area contributed by atoms with Crippen molar-refractivity contribution in [2.24, 2.45) is 0 Å². The van der Waals surface area contributed by atoms with Gasteiger partial charge in [0.15, 0.2) is 0 Å². The topological polar surface area (TPSA) is 105 Å². The minimum absolute atomic E-state index is 0.0339. The lowest BCUT2D eigenvalue weighted by Gasteiger charge is -2.09. The fraction of sp³-hybridized carbons (Fsp3) is 0.0435. The van der Waals surface area contributed by atoms with E-state index in [9.17, 15) is 15.4 Å². The lowest BCUT2D eigenvalue weighted by molar-refractivity contribution is -0.384. The first-order valence-corrected chi connectivity index (χ1v) is 9.16. The molecular weight excluding hydrogens is 380 g/mol. The number of aromatic nitrogens is 2. The lowest BCUT2D eigenvalue weighted by Crippen LogP contribution is -1.98. The van der Waals surface area contributed by atoms with E-state index in [-0.39, 0.29) is 12.3 Å². The number of nitrogens with one attached hydrogen (secondary N) is 1. The smallest absolute Gasteiger partial charge is 0.269 e. The van der Waals surface area contributed by atoms with E-state index in [1.807, 2.05) is 48.5 Å². The van der Waals surface area contributed by atoms with Crippen molar-refractivity contribution in [3.8, 4) is 11.8 Å². The number of rotatable bonds is 6. The predicted molar refractivity (Wildman–Crippen MR) is 113 cm³/mol. The van der Waals surface area contributed by atoms with Crippen molar-refractivity contribution >= 4 is 28.4 Å². The van der Waals surface area contributed by atoms with E-state index in [1.54, 1.807) is 18.2 Å². The molecule has 0 amide bonds. The van der Waals surface area contributed by atoms with Crippen molar-refractivity contribution in [1.29, 1.82) is 5.26 Å². The SMILES string of the molecule is N#CC(=Cc1ccccc1OCc1ccc([N+](=O)[O-])cc1)c1nc2ccccc2[nH]1. The number of para-hydroxylation sites is 3. The van der Waals surface area contributed by atoms with E-state index in [1.165, 1.54) is 12.1 Å². The van der Waals surface area contributed by atoms with Gasteiger partial charge < -0.3 is 9.72 Å². The fourth-order valence-electron chi connectivity index (χ4n) is 3.00. The molecule has 4 rings (SSSR count). The molecular formula is C23H16N4O3. The summed E-state index contributed by atoms with van der Waals surface area (Å²) in [6.07, 6.45) is 1.73. The van der Waals surface area contributed by atoms with Crippen LogP contribution >= 0.6 is 0 Å². The monoisotopic (exact) mass is 396 g/mol. The van der Waals surface area contributed by atoms with E-state index in [4.69, 9.17) is 4.74 Å². The van der Waals surface area contributed by atoms with Crippen LogP contribution in [0.1, 0.15) is 17.0 Å². The van der Waals surface area contributed by atoms with Gasteiger partial charge in [0, 0.05) is 17.7 Å². The van der Waals surface area contributed by atoms with Crippen LogP contribution in [0.5, 0.6) is 5.75 Å². The third-order valence-electron chi connectivity index (χ3n) is 4.53. The Morgan fingerprint density at radius 1 is 1.10 bits per heavy atom. The van der Waals surface area contributed by atoms with Gasteiger partial charge in [0.05, 0.1) is 21.5 Å². The molecule has 0 fully saturated rings. The second-order valence-corrected chi connectivity index (χ2v) is 6.52. The first-order chi connectivity index (χ1) is 14.6. The molecule has 0 aliphatic rings. The Kier molecular flexibility index (Phi) is 5.22. The van der Waals surface area contributed by atoms with Crippen LogP contribution in [0.25, 0.3) is 22.7 Å². The van der Waals surface area contributed by atoms with Gasteiger partial charge in [0.25, 0.3) is 5.69 Å². The molecule has 7 nitrogen and oxygen atoms in total. The van der Waals surface area contributed by atoms with Crippen LogP contribution in [-0.2, 0) is 6.61 Å². The van der Waals surface area contributed by atoms with Gasteiger partial charge in [-0.05, 0) is 42.0 Å². The molecule has 0 spiro atoms. The number of non-ortho nitro benzene ring substituents is 1. The van der Waals surface area contributed by atoms with Crippen molar-refractivity contribution in [2.75, 3.05) is 0 Å². The molecule has 0 aliphatic heterocycles. The number of H-pyrrole nitrogens is 1. The number of benzene rings is 3. The van der Waals surface area contributed by atoms with Crippen molar-refractivity contribution in [3.05, 3.63) is 99.9 Å². The predicted octanol–water partition coefficient (Wildman–Crippen LogP) is 5.11. The van der Waals surface area contributed by atoms with Gasteiger partial charge in [-0.25, -0.2) is 4.98 Å². The zero-order valence-corrected chi connectivity index (χ0v) is 15.8. The van der Waals surface area contributed by atoms with Gasteiger partial charge in [-0.3, -0.25) is 10.1 Å². The Morgan fingerprint density at radius 3 is 2.57 bits per heavy atom. The first kappa shape index (κ1) is 18.9. The average Bonchev–Trinajstić information content (AvgIpc) is 3.21. The van der Waals surface area contributed by atoms with Gasteiger partial charge in [-0.1, -0.05) is 30.3 Å². The summed E-state index contributed by atoms with van der Waals surface area (Å²) in [5.74, 6) is 1.09. The van der Waals surface area contributed by atoms with Crippen LogP contribution in [0.2, 0.25) is 0 Å². The zero-order chi connectivity index (χ0) is 20.9. The molecule has 3 aromatic carbocycles. The van der Waals surface area contributed by atoms with Gasteiger partial charge in [0.1, 0.15) is 24.3 Å². The number of fused-ring (bicyclic) bond motifs is 1. The first-order valence-electron chi connectivity index (χ1n) is 9.16. The second kappa shape index (κ2) is 8.29. The zero-order valence-electron chi connectivity index (χ0n) is 15.8. The van der Waals surface area contributed by atoms with Crippen molar-refractivity contribution in [3.63, 3.8) is 0 Å². The average molecular weight is 396 g/mol. The van der Waals surface area contributed by atoms with Crippen LogP contribution < -0.4 is 4.74 Å². The second-order valence-electron chi connectivity index (χ2n) is 6.52. The summed E-state index contributed by atoms with van der Waals surface area (Å²) in [5.41, 5.74) is 3.60. The quantitative estimate of drug-likeness (QED) is 0.277. The van der Waals surface area contributed by atoms with E-state index in [0.717, 1.165) is 22.2 Å². The number of nitrogens with zero attached hydrogens (tertiary/aromatic N) is 3. The molecule has 0 bridgehead atoms. The maximum atomic E-state index is 10.8. The summed E-state index contributed by atoms with van der Waals surface area (Å²) in [5, 5.41) is 20.4. The normalized spacial score (nSPS) is 11.2. The molecule has 1 aromatic heterocycles. The van der Waals surface area contributed by atoms with Gasteiger partial charge >= 0.3 is 0 Å². The van der Waals surface area contributed by atoms with E-state index in [0.29, 0.717) is 17.1 Å². The van der Waals surface area contributed by atoms with Gasteiger partial charge in [-0.15, -0.1) is 0 Å². The number of ether oxygens (including phenoxy) is 1. The third-order valence-corrected chi connectivity index (χ3v) is 4.53. The van der Waals surface area contributed by atoms with Crippen LogP contribution in [0.4, 0.5) is 5.69 Å².